The summed E-state index contributed by atoms with van der Waals surface area (Å²) in [4.78, 5) is 12.0. The molecule has 1 aliphatic heterocycles. The fraction of sp³-hybridized carbons (Fsp3) is 0.381. The largest absolute Gasteiger partial charge is 0.384 e. The summed E-state index contributed by atoms with van der Waals surface area (Å²) in [6.07, 6.45) is 8.80. The lowest BCUT2D eigenvalue weighted by atomic mass is 9.96. The van der Waals surface area contributed by atoms with Crippen molar-refractivity contribution in [1.82, 2.24) is 10.6 Å². The van der Waals surface area contributed by atoms with E-state index in [4.69, 9.17) is 23.2 Å². The molecule has 148 valence electrons. The van der Waals surface area contributed by atoms with Gasteiger partial charge in [0.05, 0.1) is 10.0 Å². The van der Waals surface area contributed by atoms with E-state index in [1.54, 1.807) is 24.3 Å². The molecular formula is C21H29Cl2N3O. The zero-order valence-corrected chi connectivity index (χ0v) is 17.8. The van der Waals surface area contributed by atoms with Crippen LogP contribution in [-0.4, -0.2) is 18.6 Å². The van der Waals surface area contributed by atoms with E-state index >= 15 is 0 Å². The Balaban J connectivity index is 0.00000176. The molecule has 1 heterocycles. The van der Waals surface area contributed by atoms with Crippen LogP contribution in [0.4, 0.5) is 10.5 Å². The molecule has 4 nitrogen and oxygen atoms in total. The zero-order valence-electron chi connectivity index (χ0n) is 16.2. The van der Waals surface area contributed by atoms with Gasteiger partial charge in [0.2, 0.25) is 0 Å². The number of anilines is 1. The Morgan fingerprint density at radius 3 is 2.70 bits per heavy atom. The standard InChI is InChI=1S/C19H23Cl2N3O.C2H6/c1-3-4-5-6-14-7-8-16(23-13(14)2)12-22-19(25)24-15-9-10-17(20)18(21)11-15;1-2/h3-5,9-11,16,23H,1,6-8,12H2,2H3,(H2,22,24,25);1-2H3/b5-4-;. The van der Waals surface area contributed by atoms with Gasteiger partial charge in [-0.3, -0.25) is 0 Å². The van der Waals surface area contributed by atoms with Crippen molar-refractivity contribution in [2.45, 2.75) is 46.1 Å². The molecule has 6 heteroatoms. The van der Waals surface area contributed by atoms with E-state index in [1.165, 1.54) is 11.3 Å². The number of carbonyl (C=O) groups excluding carboxylic acids is 1. The number of rotatable bonds is 6. The van der Waals surface area contributed by atoms with Crippen molar-refractivity contribution in [2.24, 2.45) is 0 Å². The third-order valence-electron chi connectivity index (χ3n) is 4.07. The van der Waals surface area contributed by atoms with Gasteiger partial charge in [0.15, 0.2) is 0 Å². The molecule has 1 aromatic rings. The summed E-state index contributed by atoms with van der Waals surface area (Å²) in [7, 11) is 0. The molecule has 1 aliphatic rings. The van der Waals surface area contributed by atoms with E-state index in [2.05, 4.69) is 35.5 Å². The average Bonchev–Trinajstić information content (AvgIpc) is 2.66. The van der Waals surface area contributed by atoms with Gasteiger partial charge in [-0.05, 0) is 50.0 Å². The number of benzene rings is 1. The number of nitrogens with one attached hydrogen (secondary N) is 3. The van der Waals surface area contributed by atoms with Crippen LogP contribution in [0.2, 0.25) is 10.0 Å². The van der Waals surface area contributed by atoms with Crippen molar-refractivity contribution in [2.75, 3.05) is 11.9 Å². The molecule has 2 amide bonds. The van der Waals surface area contributed by atoms with Crippen molar-refractivity contribution >= 4 is 34.9 Å². The van der Waals surface area contributed by atoms with Crippen LogP contribution in [0.5, 0.6) is 0 Å². The van der Waals surface area contributed by atoms with Crippen LogP contribution in [0.15, 0.2) is 54.3 Å². The Labute approximate surface area is 172 Å². The smallest absolute Gasteiger partial charge is 0.319 e. The monoisotopic (exact) mass is 409 g/mol. The maximum atomic E-state index is 12.0. The van der Waals surface area contributed by atoms with Gasteiger partial charge < -0.3 is 16.0 Å². The number of amides is 2. The van der Waals surface area contributed by atoms with Crippen LogP contribution >= 0.6 is 23.2 Å². The zero-order chi connectivity index (χ0) is 20.2. The molecule has 1 unspecified atom stereocenters. The van der Waals surface area contributed by atoms with Crippen LogP contribution in [0.25, 0.3) is 0 Å². The Kier molecular flexibility index (Phi) is 10.7. The first-order valence-corrected chi connectivity index (χ1v) is 9.98. The van der Waals surface area contributed by atoms with Crippen molar-refractivity contribution < 1.29 is 4.79 Å². The molecule has 0 saturated heterocycles. The lowest BCUT2D eigenvalue weighted by Gasteiger charge is -2.28. The minimum absolute atomic E-state index is 0.228. The van der Waals surface area contributed by atoms with Crippen LogP contribution in [-0.2, 0) is 0 Å². The van der Waals surface area contributed by atoms with Gasteiger partial charge in [-0.2, -0.15) is 0 Å². The fourth-order valence-electron chi connectivity index (χ4n) is 2.70. The number of hydrogen-bond donors (Lipinski definition) is 3. The van der Waals surface area contributed by atoms with Gasteiger partial charge in [-0.1, -0.05) is 61.9 Å². The molecule has 0 saturated carbocycles. The Bertz CT molecular complexity index is 699. The second-order valence-electron chi connectivity index (χ2n) is 5.94. The second-order valence-corrected chi connectivity index (χ2v) is 6.75. The highest BCUT2D eigenvalue weighted by atomic mass is 35.5. The summed E-state index contributed by atoms with van der Waals surface area (Å²) in [6.45, 7) is 10.3. The van der Waals surface area contributed by atoms with Crippen LogP contribution < -0.4 is 16.0 Å². The van der Waals surface area contributed by atoms with Gasteiger partial charge in [0, 0.05) is 24.0 Å². The number of allylic oxidation sites excluding steroid dienone is 5. The lowest BCUT2D eigenvalue weighted by Crippen LogP contribution is -2.43. The predicted octanol–water partition coefficient (Wildman–Crippen LogP) is 6.30. The molecule has 0 spiro atoms. The number of urea groups is 1. The molecule has 1 atom stereocenters. The van der Waals surface area contributed by atoms with Crippen molar-refractivity contribution in [3.8, 4) is 0 Å². The molecule has 0 aromatic heterocycles. The summed E-state index contributed by atoms with van der Waals surface area (Å²) in [6, 6.07) is 4.95. The summed E-state index contributed by atoms with van der Waals surface area (Å²) < 4.78 is 0. The molecule has 0 fully saturated rings. The molecule has 1 aromatic carbocycles. The van der Waals surface area contributed by atoms with Crippen LogP contribution in [0, 0.1) is 0 Å². The predicted molar refractivity (Wildman–Crippen MR) is 118 cm³/mol. The van der Waals surface area contributed by atoms with Crippen molar-refractivity contribution in [1.29, 1.82) is 0 Å². The Hall–Kier alpha value is -1.91. The molecule has 0 aliphatic carbocycles. The minimum Gasteiger partial charge on any atom is -0.384 e. The Morgan fingerprint density at radius 2 is 2.07 bits per heavy atom. The molecular weight excluding hydrogens is 381 g/mol. The molecule has 0 bridgehead atoms. The van der Waals surface area contributed by atoms with Gasteiger partial charge in [0.25, 0.3) is 0 Å². The highest BCUT2D eigenvalue weighted by molar-refractivity contribution is 6.42. The molecule has 3 N–H and O–H groups in total. The molecule has 27 heavy (non-hydrogen) atoms. The Morgan fingerprint density at radius 1 is 1.33 bits per heavy atom. The van der Waals surface area contributed by atoms with E-state index in [1.807, 2.05) is 19.9 Å². The van der Waals surface area contributed by atoms with Crippen molar-refractivity contribution in [3.63, 3.8) is 0 Å². The second kappa shape index (κ2) is 12.5. The minimum atomic E-state index is -0.262. The van der Waals surface area contributed by atoms with Crippen LogP contribution in [0.1, 0.15) is 40.0 Å². The van der Waals surface area contributed by atoms with E-state index in [9.17, 15) is 4.79 Å². The molecule has 0 radical (unpaired) electrons. The number of carbonyl (C=O) groups is 1. The highest BCUT2D eigenvalue weighted by Crippen LogP contribution is 2.25. The SMILES string of the molecule is C=C/C=C\CC1=C(C)NC(CNC(=O)Nc2ccc(Cl)c(Cl)c2)CC1.CC. The summed E-state index contributed by atoms with van der Waals surface area (Å²) >= 11 is 11.8. The summed E-state index contributed by atoms with van der Waals surface area (Å²) in [5.74, 6) is 0. The maximum Gasteiger partial charge on any atom is 0.319 e. The normalized spacial score (nSPS) is 16.3. The topological polar surface area (TPSA) is 53.2 Å². The fourth-order valence-corrected chi connectivity index (χ4v) is 2.99. The number of hydrogen-bond acceptors (Lipinski definition) is 2. The van der Waals surface area contributed by atoms with Crippen LogP contribution in [0.3, 0.4) is 0 Å². The van der Waals surface area contributed by atoms with E-state index in [0.717, 1.165) is 19.3 Å². The summed E-state index contributed by atoms with van der Waals surface area (Å²) in [5.41, 5.74) is 3.20. The summed E-state index contributed by atoms with van der Waals surface area (Å²) in [5, 5.41) is 9.97. The van der Waals surface area contributed by atoms with Gasteiger partial charge in [0.1, 0.15) is 0 Å². The highest BCUT2D eigenvalue weighted by Gasteiger charge is 2.17. The maximum absolute atomic E-state index is 12.0. The van der Waals surface area contributed by atoms with E-state index in [-0.39, 0.29) is 12.1 Å². The van der Waals surface area contributed by atoms with Gasteiger partial charge in [-0.15, -0.1) is 0 Å². The quantitative estimate of drug-likeness (QED) is 0.482. The number of halogens is 2. The first-order chi connectivity index (χ1) is 13.0. The average molecular weight is 410 g/mol. The first kappa shape index (κ1) is 23.1. The first-order valence-electron chi connectivity index (χ1n) is 9.22. The van der Waals surface area contributed by atoms with Gasteiger partial charge in [-0.25, -0.2) is 4.79 Å². The molecule has 2 rings (SSSR count). The third-order valence-corrected chi connectivity index (χ3v) is 4.81. The van der Waals surface area contributed by atoms with Crippen molar-refractivity contribution in [3.05, 3.63) is 64.3 Å². The lowest BCUT2D eigenvalue weighted by molar-refractivity contribution is 0.250. The van der Waals surface area contributed by atoms with E-state index < -0.39 is 0 Å². The van der Waals surface area contributed by atoms with E-state index in [0.29, 0.717) is 22.3 Å². The van der Waals surface area contributed by atoms with Gasteiger partial charge >= 0.3 is 6.03 Å². The third kappa shape index (κ3) is 8.10.